The molecule has 1 aliphatic rings. The number of alkyl halides is 3. The van der Waals surface area contributed by atoms with E-state index in [4.69, 9.17) is 0 Å². The molecule has 0 amide bonds. The number of fused-ring (bicyclic) bond motifs is 1. The highest BCUT2D eigenvalue weighted by Gasteiger charge is 2.34. The van der Waals surface area contributed by atoms with Crippen LogP contribution in [0.25, 0.3) is 10.9 Å². The first-order valence-electron chi connectivity index (χ1n) is 14.4. The number of hydrogen-bond donors (Lipinski definition) is 1. The molecule has 0 radical (unpaired) electrons. The van der Waals surface area contributed by atoms with Crippen molar-refractivity contribution in [3.05, 3.63) is 117 Å². The second-order valence-corrected chi connectivity index (χ2v) is 10.8. The van der Waals surface area contributed by atoms with Gasteiger partial charge in [-0.05, 0) is 76.2 Å². The molecule has 1 fully saturated rings. The lowest BCUT2D eigenvalue weighted by Crippen LogP contribution is -2.49. The molecule has 0 bridgehead atoms. The summed E-state index contributed by atoms with van der Waals surface area (Å²) in [5, 5.41) is 13.6. The van der Waals surface area contributed by atoms with Crippen LogP contribution in [0.5, 0.6) is 0 Å². The molecule has 222 valence electrons. The Morgan fingerprint density at radius 1 is 0.907 bits per heavy atom. The lowest BCUT2D eigenvalue weighted by Gasteiger charge is -2.39. The third kappa shape index (κ3) is 6.17. The minimum Gasteiger partial charge on any atom is -0.369 e. The normalized spacial score (nSPS) is 15.2. The molecule has 11 heteroatoms. The van der Waals surface area contributed by atoms with Crippen LogP contribution in [-0.4, -0.2) is 56.3 Å². The largest absolute Gasteiger partial charge is 0.416 e. The minimum absolute atomic E-state index is 0.223. The third-order valence-corrected chi connectivity index (χ3v) is 8.12. The second kappa shape index (κ2) is 12.0. The van der Waals surface area contributed by atoms with Gasteiger partial charge in [0.25, 0.3) is 5.56 Å². The monoisotopic (exact) mass is 587 g/mol. The van der Waals surface area contributed by atoms with Gasteiger partial charge in [0.15, 0.2) is 5.82 Å². The standard InChI is InChI=1S/C32H32F3N7O/c1-2-22-11-12-28-24(19-22)20-27(31(43)36-28)29(30-37-38-39-42(30)14-13-23-7-4-3-5-8-23)41-17-15-40(16-18-41)26-10-6-9-25(21-26)32(33,34)35/h3-12,19-21,29H,2,13-18H2,1H3,(H,36,43). The van der Waals surface area contributed by atoms with Crippen LogP contribution in [0.15, 0.2) is 83.7 Å². The van der Waals surface area contributed by atoms with Gasteiger partial charge in [-0.2, -0.15) is 13.2 Å². The molecule has 2 aromatic heterocycles. The number of rotatable bonds is 8. The van der Waals surface area contributed by atoms with E-state index >= 15 is 0 Å². The fraction of sp³-hybridized carbons (Fsp3) is 0.312. The molecule has 1 saturated heterocycles. The molecule has 1 aliphatic heterocycles. The van der Waals surface area contributed by atoms with Crippen molar-refractivity contribution in [3.63, 3.8) is 0 Å². The van der Waals surface area contributed by atoms with Gasteiger partial charge in [0.2, 0.25) is 0 Å². The maximum atomic E-state index is 13.6. The van der Waals surface area contributed by atoms with E-state index in [9.17, 15) is 18.0 Å². The molecule has 5 aromatic rings. The number of aromatic nitrogens is 5. The fourth-order valence-corrected chi connectivity index (χ4v) is 5.76. The highest BCUT2D eigenvalue weighted by molar-refractivity contribution is 5.80. The SMILES string of the molecule is CCc1ccc2[nH]c(=O)c(C(c3nnnn3CCc3ccccc3)N3CCN(c4cccc(C(F)(F)F)c4)CC3)cc2c1. The Labute approximate surface area is 246 Å². The van der Waals surface area contributed by atoms with Gasteiger partial charge in [-0.1, -0.05) is 49.4 Å². The Hall–Kier alpha value is -4.51. The van der Waals surface area contributed by atoms with Crippen LogP contribution in [0.1, 0.15) is 41.0 Å². The lowest BCUT2D eigenvalue weighted by molar-refractivity contribution is -0.137. The van der Waals surface area contributed by atoms with Gasteiger partial charge in [-0.15, -0.1) is 5.10 Å². The molecule has 0 spiro atoms. The summed E-state index contributed by atoms with van der Waals surface area (Å²) in [4.78, 5) is 20.7. The van der Waals surface area contributed by atoms with Gasteiger partial charge < -0.3 is 9.88 Å². The summed E-state index contributed by atoms with van der Waals surface area (Å²) in [5.74, 6) is 0.556. The van der Waals surface area contributed by atoms with Gasteiger partial charge in [0.05, 0.1) is 5.56 Å². The number of H-pyrrole nitrogens is 1. The van der Waals surface area contributed by atoms with E-state index in [1.54, 1.807) is 10.7 Å². The van der Waals surface area contributed by atoms with E-state index in [0.717, 1.165) is 34.5 Å². The predicted molar refractivity (Wildman–Crippen MR) is 159 cm³/mol. The van der Waals surface area contributed by atoms with Gasteiger partial charge in [-0.25, -0.2) is 4.68 Å². The van der Waals surface area contributed by atoms with Crippen LogP contribution in [0.4, 0.5) is 18.9 Å². The summed E-state index contributed by atoms with van der Waals surface area (Å²) in [6.07, 6.45) is -2.83. The van der Waals surface area contributed by atoms with Crippen molar-refractivity contribution in [1.82, 2.24) is 30.1 Å². The topological polar surface area (TPSA) is 82.9 Å². The lowest BCUT2D eigenvalue weighted by atomic mass is 10.0. The van der Waals surface area contributed by atoms with Crippen LogP contribution in [0.2, 0.25) is 0 Å². The molecule has 1 N–H and O–H groups in total. The summed E-state index contributed by atoms with van der Waals surface area (Å²) < 4.78 is 41.9. The van der Waals surface area contributed by atoms with Crippen molar-refractivity contribution in [2.24, 2.45) is 0 Å². The molecule has 0 aliphatic carbocycles. The first-order valence-corrected chi connectivity index (χ1v) is 14.4. The number of hydrogen-bond acceptors (Lipinski definition) is 6. The van der Waals surface area contributed by atoms with E-state index in [1.807, 2.05) is 53.4 Å². The number of aryl methyl sites for hydroxylation is 3. The number of anilines is 1. The Bertz CT molecular complexity index is 1760. The highest BCUT2D eigenvalue weighted by atomic mass is 19.4. The molecule has 0 saturated carbocycles. The number of piperazine rings is 1. The van der Waals surface area contributed by atoms with Crippen molar-refractivity contribution in [1.29, 1.82) is 0 Å². The van der Waals surface area contributed by atoms with E-state index in [-0.39, 0.29) is 5.56 Å². The Balaban J connectivity index is 1.34. The summed E-state index contributed by atoms with van der Waals surface area (Å²) >= 11 is 0. The maximum Gasteiger partial charge on any atom is 0.416 e. The zero-order chi connectivity index (χ0) is 30.0. The molecule has 1 unspecified atom stereocenters. The second-order valence-electron chi connectivity index (χ2n) is 10.8. The van der Waals surface area contributed by atoms with Gasteiger partial charge in [0, 0.05) is 49.5 Å². The molecule has 6 rings (SSSR count). The molecular weight excluding hydrogens is 555 g/mol. The summed E-state index contributed by atoms with van der Waals surface area (Å²) in [5.41, 5.74) is 3.22. The molecule has 3 heterocycles. The quantitative estimate of drug-likeness (QED) is 0.267. The smallest absolute Gasteiger partial charge is 0.369 e. The van der Waals surface area contributed by atoms with Crippen LogP contribution in [0.3, 0.4) is 0 Å². The van der Waals surface area contributed by atoms with Crippen molar-refractivity contribution < 1.29 is 13.2 Å². The Morgan fingerprint density at radius 2 is 1.70 bits per heavy atom. The Morgan fingerprint density at radius 3 is 2.44 bits per heavy atom. The number of nitrogens with one attached hydrogen (secondary N) is 1. The molecular formula is C32H32F3N7O. The van der Waals surface area contributed by atoms with E-state index in [2.05, 4.69) is 38.4 Å². The van der Waals surface area contributed by atoms with Gasteiger partial charge in [0.1, 0.15) is 6.04 Å². The van der Waals surface area contributed by atoms with Crippen LogP contribution < -0.4 is 10.5 Å². The third-order valence-electron chi connectivity index (χ3n) is 8.12. The molecule has 3 aromatic carbocycles. The van der Waals surface area contributed by atoms with Gasteiger partial charge >= 0.3 is 6.18 Å². The molecule has 1 atom stereocenters. The first-order chi connectivity index (χ1) is 20.8. The van der Waals surface area contributed by atoms with Crippen molar-refractivity contribution >= 4 is 16.6 Å². The first kappa shape index (κ1) is 28.6. The zero-order valence-corrected chi connectivity index (χ0v) is 23.8. The zero-order valence-electron chi connectivity index (χ0n) is 23.8. The maximum absolute atomic E-state index is 13.6. The van der Waals surface area contributed by atoms with Crippen LogP contribution in [0, 0.1) is 0 Å². The fourth-order valence-electron chi connectivity index (χ4n) is 5.76. The number of aromatic amines is 1. The highest BCUT2D eigenvalue weighted by Crippen LogP contribution is 2.33. The number of tetrazole rings is 1. The van der Waals surface area contributed by atoms with Gasteiger partial charge in [-0.3, -0.25) is 9.69 Å². The number of halogens is 3. The van der Waals surface area contributed by atoms with Crippen LogP contribution in [-0.2, 0) is 25.6 Å². The van der Waals surface area contributed by atoms with Crippen molar-refractivity contribution in [2.45, 2.75) is 38.5 Å². The number of nitrogens with zero attached hydrogens (tertiary/aromatic N) is 6. The van der Waals surface area contributed by atoms with Crippen molar-refractivity contribution in [2.75, 3.05) is 31.1 Å². The minimum atomic E-state index is -4.41. The van der Waals surface area contributed by atoms with E-state index in [1.165, 1.54) is 12.1 Å². The predicted octanol–water partition coefficient (Wildman–Crippen LogP) is 5.25. The number of pyridine rings is 1. The van der Waals surface area contributed by atoms with Crippen LogP contribution >= 0.6 is 0 Å². The average Bonchev–Trinajstić information content (AvgIpc) is 3.49. The van der Waals surface area contributed by atoms with E-state index < -0.39 is 17.8 Å². The average molecular weight is 588 g/mol. The molecule has 8 nitrogen and oxygen atoms in total. The molecule has 43 heavy (non-hydrogen) atoms. The summed E-state index contributed by atoms with van der Waals surface area (Å²) in [6, 6.07) is 22.8. The van der Waals surface area contributed by atoms with E-state index in [0.29, 0.717) is 56.2 Å². The summed E-state index contributed by atoms with van der Waals surface area (Å²) in [6.45, 7) is 4.57. The number of benzene rings is 3. The van der Waals surface area contributed by atoms with Crippen molar-refractivity contribution in [3.8, 4) is 0 Å². The summed E-state index contributed by atoms with van der Waals surface area (Å²) in [7, 11) is 0. The Kier molecular flexibility index (Phi) is 7.98.